The molecule has 0 aromatic heterocycles. The van der Waals surface area contributed by atoms with Gasteiger partial charge in [0.15, 0.2) is 11.6 Å². The van der Waals surface area contributed by atoms with Crippen molar-refractivity contribution in [2.24, 2.45) is 5.41 Å². The zero-order valence-electron chi connectivity index (χ0n) is 13.2. The van der Waals surface area contributed by atoms with E-state index in [-0.39, 0.29) is 24.8 Å². The Kier molecular flexibility index (Phi) is 7.52. The maximum atomic E-state index is 14.0. The lowest BCUT2D eigenvalue weighted by Gasteiger charge is -2.34. The van der Waals surface area contributed by atoms with E-state index in [0.717, 1.165) is 38.7 Å². The highest BCUT2D eigenvalue weighted by molar-refractivity contribution is 5.85. The molecule has 7 heteroatoms. The van der Waals surface area contributed by atoms with Crippen LogP contribution in [0.5, 0.6) is 5.75 Å². The summed E-state index contributed by atoms with van der Waals surface area (Å²) < 4.78 is 32.7. The minimum absolute atomic E-state index is 0. The number of rotatable bonds is 3. The third-order valence-electron chi connectivity index (χ3n) is 4.94. The number of benzene rings is 1. The maximum absolute atomic E-state index is 14.0. The minimum Gasteiger partial charge on any atom is -0.496 e. The smallest absolute Gasteiger partial charge is 0.167 e. The highest BCUT2D eigenvalue weighted by Crippen LogP contribution is 2.39. The first-order valence-electron chi connectivity index (χ1n) is 7.57. The second-order valence-corrected chi connectivity index (χ2v) is 6.25. The molecular formula is C16H24Cl2F2N2O. The molecule has 0 unspecified atom stereocenters. The number of likely N-dealkylation sites (tertiary alicyclic amines) is 1. The fourth-order valence-electron chi connectivity index (χ4n) is 3.67. The van der Waals surface area contributed by atoms with Gasteiger partial charge in [0.05, 0.1) is 7.11 Å². The Labute approximate surface area is 148 Å². The van der Waals surface area contributed by atoms with Crippen molar-refractivity contribution in [3.05, 3.63) is 29.3 Å². The predicted molar refractivity (Wildman–Crippen MR) is 91.8 cm³/mol. The second-order valence-electron chi connectivity index (χ2n) is 6.25. The van der Waals surface area contributed by atoms with Crippen molar-refractivity contribution >= 4 is 24.8 Å². The van der Waals surface area contributed by atoms with Crippen molar-refractivity contribution in [1.29, 1.82) is 0 Å². The molecule has 2 saturated heterocycles. The molecule has 0 amide bonds. The zero-order valence-corrected chi connectivity index (χ0v) is 14.9. The molecule has 2 aliphatic heterocycles. The summed E-state index contributed by atoms with van der Waals surface area (Å²) in [6.07, 6.45) is 3.49. The van der Waals surface area contributed by atoms with Crippen molar-refractivity contribution in [1.82, 2.24) is 10.2 Å². The standard InChI is InChI=1S/C16H22F2N2O.2ClH/c1-21-14-3-2-13(17)15(18)12(14)10-20-9-6-16(11-20)4-7-19-8-5-16;;/h2-3,19H,4-11H2,1H3;2*1H. The lowest BCUT2D eigenvalue weighted by atomic mass is 9.78. The van der Waals surface area contributed by atoms with E-state index in [1.54, 1.807) is 0 Å². The average molecular weight is 369 g/mol. The van der Waals surface area contributed by atoms with E-state index in [4.69, 9.17) is 4.74 Å². The SMILES string of the molecule is COc1ccc(F)c(F)c1CN1CCC2(CCNCC2)C1.Cl.Cl. The van der Waals surface area contributed by atoms with E-state index >= 15 is 0 Å². The molecule has 1 N–H and O–H groups in total. The third-order valence-corrected chi connectivity index (χ3v) is 4.94. The van der Waals surface area contributed by atoms with E-state index < -0.39 is 11.6 Å². The molecule has 0 radical (unpaired) electrons. The molecule has 2 heterocycles. The normalized spacial score (nSPS) is 20.0. The van der Waals surface area contributed by atoms with Gasteiger partial charge in [-0.15, -0.1) is 24.8 Å². The highest BCUT2D eigenvalue weighted by atomic mass is 35.5. The van der Waals surface area contributed by atoms with Crippen molar-refractivity contribution in [3.63, 3.8) is 0 Å². The van der Waals surface area contributed by atoms with Crippen molar-refractivity contribution < 1.29 is 13.5 Å². The van der Waals surface area contributed by atoms with Gasteiger partial charge in [-0.05, 0) is 56.4 Å². The van der Waals surface area contributed by atoms with Gasteiger partial charge in [-0.2, -0.15) is 0 Å². The van der Waals surface area contributed by atoms with E-state index in [1.807, 2.05) is 0 Å². The summed E-state index contributed by atoms with van der Waals surface area (Å²) in [4.78, 5) is 2.23. The molecule has 0 saturated carbocycles. The predicted octanol–water partition coefficient (Wildman–Crippen LogP) is 3.39. The fraction of sp³-hybridized carbons (Fsp3) is 0.625. The molecule has 0 atom stereocenters. The lowest BCUT2D eigenvalue weighted by molar-refractivity contribution is 0.192. The first-order chi connectivity index (χ1) is 10.1. The second kappa shape index (κ2) is 8.47. The maximum Gasteiger partial charge on any atom is 0.167 e. The summed E-state index contributed by atoms with van der Waals surface area (Å²) in [7, 11) is 1.49. The van der Waals surface area contributed by atoms with Crippen LogP contribution in [0, 0.1) is 17.0 Å². The lowest BCUT2D eigenvalue weighted by Crippen LogP contribution is -2.38. The largest absolute Gasteiger partial charge is 0.496 e. The number of hydrogen-bond donors (Lipinski definition) is 1. The number of ether oxygens (including phenoxy) is 1. The molecule has 1 aromatic carbocycles. The molecule has 1 spiro atoms. The van der Waals surface area contributed by atoms with Gasteiger partial charge in [-0.1, -0.05) is 0 Å². The van der Waals surface area contributed by atoms with Crippen LogP contribution in [0.15, 0.2) is 12.1 Å². The minimum atomic E-state index is -0.804. The Morgan fingerprint density at radius 1 is 1.17 bits per heavy atom. The molecule has 132 valence electrons. The molecule has 2 aliphatic rings. The monoisotopic (exact) mass is 368 g/mol. The van der Waals surface area contributed by atoms with Crippen molar-refractivity contribution in [2.45, 2.75) is 25.8 Å². The first-order valence-corrected chi connectivity index (χ1v) is 7.57. The van der Waals surface area contributed by atoms with E-state index in [1.165, 1.54) is 26.0 Å². The van der Waals surface area contributed by atoms with E-state index in [9.17, 15) is 8.78 Å². The van der Waals surface area contributed by atoms with E-state index in [0.29, 0.717) is 23.3 Å². The fourth-order valence-corrected chi connectivity index (χ4v) is 3.67. The number of nitrogens with one attached hydrogen (secondary N) is 1. The molecule has 23 heavy (non-hydrogen) atoms. The molecule has 3 rings (SSSR count). The summed E-state index contributed by atoms with van der Waals surface area (Å²) in [6.45, 7) is 4.45. The van der Waals surface area contributed by atoms with Crippen LogP contribution in [0.2, 0.25) is 0 Å². The van der Waals surface area contributed by atoms with Crippen LogP contribution in [0.25, 0.3) is 0 Å². The highest BCUT2D eigenvalue weighted by Gasteiger charge is 2.39. The van der Waals surface area contributed by atoms with Crippen LogP contribution in [0.1, 0.15) is 24.8 Å². The Hall–Kier alpha value is -0.620. The molecule has 0 aliphatic carbocycles. The van der Waals surface area contributed by atoms with Crippen LogP contribution in [-0.2, 0) is 6.54 Å². The van der Waals surface area contributed by atoms with Gasteiger partial charge < -0.3 is 10.1 Å². The summed E-state index contributed by atoms with van der Waals surface area (Å²) in [5.41, 5.74) is 0.700. The van der Waals surface area contributed by atoms with Crippen molar-refractivity contribution in [3.8, 4) is 5.75 Å². The molecule has 3 nitrogen and oxygen atoms in total. The Morgan fingerprint density at radius 2 is 1.87 bits per heavy atom. The topological polar surface area (TPSA) is 24.5 Å². The van der Waals surface area contributed by atoms with Crippen LogP contribution < -0.4 is 10.1 Å². The first kappa shape index (κ1) is 20.4. The zero-order chi connectivity index (χ0) is 14.9. The van der Waals surface area contributed by atoms with Gasteiger partial charge in [0.1, 0.15) is 5.75 Å². The van der Waals surface area contributed by atoms with Crippen LogP contribution in [0.4, 0.5) is 8.78 Å². The number of halogens is 4. The van der Waals surface area contributed by atoms with Gasteiger partial charge in [0.2, 0.25) is 0 Å². The van der Waals surface area contributed by atoms with Crippen molar-refractivity contribution in [2.75, 3.05) is 33.3 Å². The number of piperidine rings is 1. The average Bonchev–Trinajstić information content (AvgIpc) is 2.87. The quantitative estimate of drug-likeness (QED) is 0.884. The van der Waals surface area contributed by atoms with E-state index in [2.05, 4.69) is 10.2 Å². The van der Waals surface area contributed by atoms with Gasteiger partial charge in [-0.25, -0.2) is 8.78 Å². The van der Waals surface area contributed by atoms with Gasteiger partial charge in [0.25, 0.3) is 0 Å². The number of methoxy groups -OCH3 is 1. The summed E-state index contributed by atoms with van der Waals surface area (Å²) in [5, 5.41) is 3.39. The number of hydrogen-bond acceptors (Lipinski definition) is 3. The van der Waals surface area contributed by atoms with Gasteiger partial charge >= 0.3 is 0 Å². The summed E-state index contributed by atoms with van der Waals surface area (Å²) >= 11 is 0. The Balaban J connectivity index is 0.00000132. The summed E-state index contributed by atoms with van der Waals surface area (Å²) in [6, 6.07) is 2.63. The van der Waals surface area contributed by atoms with Crippen LogP contribution in [-0.4, -0.2) is 38.2 Å². The third kappa shape index (κ3) is 4.27. The Morgan fingerprint density at radius 3 is 2.52 bits per heavy atom. The Bertz CT molecular complexity index is 525. The summed E-state index contributed by atoms with van der Waals surface area (Å²) in [5.74, 6) is -1.15. The molecule has 2 fully saturated rings. The van der Waals surface area contributed by atoms with Crippen LogP contribution >= 0.6 is 24.8 Å². The molecular weight excluding hydrogens is 345 g/mol. The van der Waals surface area contributed by atoms with Gasteiger partial charge in [0, 0.05) is 18.7 Å². The van der Waals surface area contributed by atoms with Crippen LogP contribution in [0.3, 0.4) is 0 Å². The molecule has 0 bridgehead atoms. The van der Waals surface area contributed by atoms with Gasteiger partial charge in [-0.3, -0.25) is 4.90 Å². The molecule has 1 aromatic rings. The number of nitrogens with zero attached hydrogens (tertiary/aromatic N) is 1.